The van der Waals surface area contributed by atoms with Crippen molar-refractivity contribution < 1.29 is 0 Å². The highest BCUT2D eigenvalue weighted by molar-refractivity contribution is 7.25. The second-order valence-electron chi connectivity index (χ2n) is 12.2. The lowest BCUT2D eigenvalue weighted by molar-refractivity contribution is 1.09. The molecule has 10 aromatic rings. The van der Waals surface area contributed by atoms with E-state index < -0.39 is 0 Å². The van der Waals surface area contributed by atoms with Crippen molar-refractivity contribution in [3.05, 3.63) is 140 Å². The number of aromatic nitrogens is 3. The van der Waals surface area contributed by atoms with Gasteiger partial charge in [-0.1, -0.05) is 115 Å². The van der Waals surface area contributed by atoms with Gasteiger partial charge in [0.25, 0.3) is 0 Å². The highest BCUT2D eigenvalue weighted by Crippen LogP contribution is 2.50. The number of nitrogens with zero attached hydrogens (tertiary/aromatic N) is 3. The van der Waals surface area contributed by atoms with Crippen molar-refractivity contribution >= 4 is 75.1 Å². The molecule has 3 nitrogen and oxygen atoms in total. The molecule has 4 heteroatoms. The Morgan fingerprint density at radius 2 is 1.11 bits per heavy atom. The van der Waals surface area contributed by atoms with Gasteiger partial charge in [-0.15, -0.1) is 11.3 Å². The minimum Gasteiger partial charge on any atom is -0.292 e. The first kappa shape index (κ1) is 24.5. The predicted octanol–water partition coefficient (Wildman–Crippen LogP) is 11.6. The van der Waals surface area contributed by atoms with Crippen molar-refractivity contribution in [3.63, 3.8) is 0 Å². The molecule has 0 radical (unpaired) electrons. The summed E-state index contributed by atoms with van der Waals surface area (Å²) >= 11 is 1.71. The summed E-state index contributed by atoms with van der Waals surface area (Å²) in [5.41, 5.74) is 10.4. The van der Waals surface area contributed by atoms with E-state index in [1.807, 2.05) is 0 Å². The number of hydrogen-bond donors (Lipinski definition) is 0. The van der Waals surface area contributed by atoms with Gasteiger partial charge in [-0.3, -0.25) is 4.57 Å². The van der Waals surface area contributed by atoms with Gasteiger partial charge in [-0.2, -0.15) is 0 Å². The highest BCUT2D eigenvalue weighted by atomic mass is 32.1. The first-order chi connectivity index (χ1) is 22.8. The SMILES string of the molecule is c1ccc2c(c1)-c1cccc3c(-c4nc5c(nc4-n4c6ccccc6c6cc7ccccc7cc64)sc4ccccc45)ccc-2c13. The molecule has 11 rings (SSSR count). The number of thiophene rings is 1. The van der Waals surface area contributed by atoms with E-state index in [2.05, 4.69) is 144 Å². The zero-order chi connectivity index (χ0) is 29.9. The van der Waals surface area contributed by atoms with Crippen molar-refractivity contribution in [2.75, 3.05) is 0 Å². The summed E-state index contributed by atoms with van der Waals surface area (Å²) in [6, 6.07) is 50.5. The van der Waals surface area contributed by atoms with E-state index in [0.717, 1.165) is 43.8 Å². The molecule has 0 spiro atoms. The zero-order valence-corrected chi connectivity index (χ0v) is 25.3. The Bertz CT molecular complexity index is 2900. The third kappa shape index (κ3) is 3.16. The van der Waals surface area contributed by atoms with Gasteiger partial charge in [-0.25, -0.2) is 9.97 Å². The lowest BCUT2D eigenvalue weighted by atomic mass is 9.96. The first-order valence-electron chi connectivity index (χ1n) is 15.6. The molecule has 0 saturated carbocycles. The molecule has 1 aliphatic carbocycles. The van der Waals surface area contributed by atoms with Gasteiger partial charge >= 0.3 is 0 Å². The second-order valence-corrected chi connectivity index (χ2v) is 13.2. The van der Waals surface area contributed by atoms with E-state index in [4.69, 9.17) is 9.97 Å². The van der Waals surface area contributed by atoms with Crippen LogP contribution in [0.15, 0.2) is 140 Å². The minimum atomic E-state index is 0.858. The van der Waals surface area contributed by atoms with Gasteiger partial charge in [0, 0.05) is 26.4 Å². The second kappa shape index (κ2) is 8.87. The van der Waals surface area contributed by atoms with Crippen LogP contribution in [0.4, 0.5) is 0 Å². The minimum absolute atomic E-state index is 0.858. The molecule has 0 N–H and O–H groups in total. The molecule has 0 saturated heterocycles. The monoisotopic (exact) mass is 601 g/mol. The highest BCUT2D eigenvalue weighted by Gasteiger charge is 2.26. The van der Waals surface area contributed by atoms with Crippen molar-refractivity contribution in [2.24, 2.45) is 0 Å². The Morgan fingerprint density at radius 3 is 1.98 bits per heavy atom. The van der Waals surface area contributed by atoms with E-state index in [-0.39, 0.29) is 0 Å². The summed E-state index contributed by atoms with van der Waals surface area (Å²) in [5, 5.41) is 8.51. The van der Waals surface area contributed by atoms with Crippen LogP contribution in [0.5, 0.6) is 0 Å². The molecule has 0 fully saturated rings. The van der Waals surface area contributed by atoms with Crippen LogP contribution in [0, 0.1) is 0 Å². The smallest absolute Gasteiger partial charge is 0.166 e. The number of fused-ring (bicyclic) bond motifs is 10. The molecular weight excluding hydrogens is 579 g/mol. The number of para-hydroxylation sites is 1. The Kier molecular flexibility index (Phi) is 4.72. The van der Waals surface area contributed by atoms with Crippen molar-refractivity contribution in [3.8, 4) is 39.3 Å². The Hall–Kier alpha value is -5.84. The summed E-state index contributed by atoms with van der Waals surface area (Å²) in [7, 11) is 0. The van der Waals surface area contributed by atoms with Gasteiger partial charge in [0.2, 0.25) is 0 Å². The van der Waals surface area contributed by atoms with Crippen LogP contribution >= 0.6 is 11.3 Å². The van der Waals surface area contributed by atoms with E-state index in [1.54, 1.807) is 11.3 Å². The molecule has 0 unspecified atom stereocenters. The first-order valence-corrected chi connectivity index (χ1v) is 16.4. The molecule has 0 aliphatic heterocycles. The van der Waals surface area contributed by atoms with Gasteiger partial charge in [-0.05, 0) is 68.1 Å². The number of rotatable bonds is 2. The average molecular weight is 602 g/mol. The van der Waals surface area contributed by atoms with E-state index in [0.29, 0.717) is 0 Å². The predicted molar refractivity (Wildman–Crippen MR) is 194 cm³/mol. The van der Waals surface area contributed by atoms with E-state index in [1.165, 1.54) is 59.3 Å². The van der Waals surface area contributed by atoms with Gasteiger partial charge in [0.15, 0.2) is 5.82 Å². The van der Waals surface area contributed by atoms with E-state index >= 15 is 0 Å². The fourth-order valence-corrected chi connectivity index (χ4v) is 8.76. The molecule has 0 amide bonds. The third-order valence-electron chi connectivity index (χ3n) is 9.75. The molecule has 0 atom stereocenters. The van der Waals surface area contributed by atoms with Gasteiger partial charge < -0.3 is 0 Å². The van der Waals surface area contributed by atoms with Crippen molar-refractivity contribution in [1.82, 2.24) is 14.5 Å². The Labute approximate surface area is 267 Å². The van der Waals surface area contributed by atoms with Crippen LogP contribution in [0.25, 0.3) is 103 Å². The summed E-state index contributed by atoms with van der Waals surface area (Å²) in [4.78, 5) is 12.1. The largest absolute Gasteiger partial charge is 0.292 e. The molecule has 0 bridgehead atoms. The lowest BCUT2D eigenvalue weighted by Gasteiger charge is -2.15. The molecule has 212 valence electrons. The molecule has 1 aliphatic rings. The molecule has 3 aromatic heterocycles. The number of benzene rings is 7. The standard InChI is InChI=1S/C42H23N3S/c1-2-11-25-23-36-34(22-24(25)10-1)28-14-5-7-18-35(28)45(36)41-39(43-40-33-15-6-8-19-37(33)46-42(40)44-41)32-21-20-31-27-13-4-3-12-26(27)29-16-9-17-30(32)38(29)31/h1-23H. The topological polar surface area (TPSA) is 30.7 Å². The van der Waals surface area contributed by atoms with Crippen LogP contribution in [-0.4, -0.2) is 14.5 Å². The fourth-order valence-electron chi connectivity index (χ4n) is 7.75. The summed E-state index contributed by atoms with van der Waals surface area (Å²) in [6.45, 7) is 0. The maximum Gasteiger partial charge on any atom is 0.166 e. The van der Waals surface area contributed by atoms with Gasteiger partial charge in [0.1, 0.15) is 16.0 Å². The Morgan fingerprint density at radius 1 is 0.457 bits per heavy atom. The Balaban J connectivity index is 1.31. The van der Waals surface area contributed by atoms with Crippen molar-refractivity contribution in [1.29, 1.82) is 0 Å². The maximum absolute atomic E-state index is 5.57. The fraction of sp³-hybridized carbons (Fsp3) is 0. The molecule has 7 aromatic carbocycles. The maximum atomic E-state index is 5.57. The van der Waals surface area contributed by atoms with Crippen LogP contribution in [0.1, 0.15) is 0 Å². The third-order valence-corrected chi connectivity index (χ3v) is 10.8. The lowest BCUT2D eigenvalue weighted by Crippen LogP contribution is -2.03. The quantitative estimate of drug-likeness (QED) is 0.197. The normalized spacial score (nSPS) is 12.3. The average Bonchev–Trinajstić information content (AvgIpc) is 3.75. The summed E-state index contributed by atoms with van der Waals surface area (Å²) < 4.78 is 3.55. The summed E-state index contributed by atoms with van der Waals surface area (Å²) in [6.07, 6.45) is 0. The van der Waals surface area contributed by atoms with Crippen LogP contribution in [-0.2, 0) is 0 Å². The summed E-state index contributed by atoms with van der Waals surface area (Å²) in [5.74, 6) is 0.858. The molecule has 46 heavy (non-hydrogen) atoms. The number of hydrogen-bond acceptors (Lipinski definition) is 3. The van der Waals surface area contributed by atoms with E-state index in [9.17, 15) is 0 Å². The zero-order valence-electron chi connectivity index (χ0n) is 24.5. The van der Waals surface area contributed by atoms with Crippen LogP contribution in [0.2, 0.25) is 0 Å². The van der Waals surface area contributed by atoms with Crippen LogP contribution < -0.4 is 0 Å². The molecular formula is C42H23N3S. The molecule has 3 heterocycles. The van der Waals surface area contributed by atoms with Gasteiger partial charge in [0.05, 0.1) is 11.0 Å². The van der Waals surface area contributed by atoms with Crippen LogP contribution in [0.3, 0.4) is 0 Å². The van der Waals surface area contributed by atoms with Crippen molar-refractivity contribution in [2.45, 2.75) is 0 Å².